The first-order valence-corrected chi connectivity index (χ1v) is 10.4. The van der Waals surface area contributed by atoms with Gasteiger partial charge in [0.15, 0.2) is 9.84 Å². The van der Waals surface area contributed by atoms with Crippen LogP contribution in [0.15, 0.2) is 0 Å². The van der Waals surface area contributed by atoms with Gasteiger partial charge < -0.3 is 5.11 Å². The van der Waals surface area contributed by atoms with Gasteiger partial charge in [-0.25, -0.2) is 21.1 Å². The number of aliphatic carboxylic acids is 1. The Labute approximate surface area is 125 Å². The van der Waals surface area contributed by atoms with Gasteiger partial charge in [-0.05, 0) is 19.3 Å². The SMILES string of the molecule is CCCC1(C(=O)O)CCN(S(=O)(=O)C2CCS(=O)(=O)C2)C1. The maximum absolute atomic E-state index is 12.5. The van der Waals surface area contributed by atoms with Gasteiger partial charge in [-0.2, -0.15) is 0 Å². The number of sulfone groups is 1. The molecule has 0 spiro atoms. The predicted molar refractivity (Wildman–Crippen MR) is 77.1 cm³/mol. The van der Waals surface area contributed by atoms with E-state index in [9.17, 15) is 26.7 Å². The second-order valence-corrected chi connectivity index (χ2v) is 10.4. The van der Waals surface area contributed by atoms with E-state index in [4.69, 9.17) is 0 Å². The molecule has 0 aliphatic carbocycles. The van der Waals surface area contributed by atoms with Crippen LogP contribution in [-0.2, 0) is 24.7 Å². The summed E-state index contributed by atoms with van der Waals surface area (Å²) in [6.45, 7) is 1.98. The Morgan fingerprint density at radius 2 is 2.10 bits per heavy atom. The molecule has 2 aliphatic rings. The lowest BCUT2D eigenvalue weighted by atomic mass is 9.83. The minimum Gasteiger partial charge on any atom is -0.481 e. The van der Waals surface area contributed by atoms with Crippen LogP contribution in [0.3, 0.4) is 0 Å². The number of sulfonamides is 1. The van der Waals surface area contributed by atoms with Crippen LogP contribution in [0, 0.1) is 5.41 Å². The van der Waals surface area contributed by atoms with Gasteiger partial charge in [-0.15, -0.1) is 0 Å². The van der Waals surface area contributed by atoms with Crippen molar-refractivity contribution < 1.29 is 26.7 Å². The molecule has 2 heterocycles. The van der Waals surface area contributed by atoms with Crippen LogP contribution >= 0.6 is 0 Å². The van der Waals surface area contributed by atoms with E-state index in [1.807, 2.05) is 6.92 Å². The van der Waals surface area contributed by atoms with Gasteiger partial charge in [0, 0.05) is 13.1 Å². The molecule has 2 saturated heterocycles. The van der Waals surface area contributed by atoms with Crippen LogP contribution in [0.2, 0.25) is 0 Å². The standard InChI is InChI=1S/C12H21NO6S2/c1-2-4-12(11(14)15)5-6-13(9-12)21(18,19)10-3-7-20(16,17)8-10/h10H,2-9H2,1H3,(H,14,15). The first-order valence-electron chi connectivity index (χ1n) is 7.06. The molecule has 0 bridgehead atoms. The van der Waals surface area contributed by atoms with Crippen molar-refractivity contribution in [3.8, 4) is 0 Å². The second-order valence-electron chi connectivity index (χ2n) is 5.99. The molecule has 7 nitrogen and oxygen atoms in total. The topological polar surface area (TPSA) is 109 Å². The zero-order valence-corrected chi connectivity index (χ0v) is 13.6. The zero-order chi connectivity index (χ0) is 15.9. The van der Waals surface area contributed by atoms with Crippen LogP contribution in [0.5, 0.6) is 0 Å². The van der Waals surface area contributed by atoms with E-state index in [1.54, 1.807) is 0 Å². The molecule has 2 unspecified atom stereocenters. The van der Waals surface area contributed by atoms with Gasteiger partial charge in [0.25, 0.3) is 0 Å². The van der Waals surface area contributed by atoms with E-state index in [0.717, 1.165) is 0 Å². The summed E-state index contributed by atoms with van der Waals surface area (Å²) in [6, 6.07) is 0. The van der Waals surface area contributed by atoms with Crippen molar-refractivity contribution in [3.05, 3.63) is 0 Å². The van der Waals surface area contributed by atoms with Gasteiger partial charge in [0.1, 0.15) is 0 Å². The van der Waals surface area contributed by atoms with Crippen molar-refractivity contribution in [1.29, 1.82) is 0 Å². The molecule has 2 atom stereocenters. The molecule has 2 rings (SSSR count). The quantitative estimate of drug-likeness (QED) is 0.760. The summed E-state index contributed by atoms with van der Waals surface area (Å²) in [5, 5.41) is 8.49. The molecule has 0 aromatic heterocycles. The van der Waals surface area contributed by atoms with E-state index in [1.165, 1.54) is 4.31 Å². The Kier molecular flexibility index (Phi) is 4.38. The normalized spacial score (nSPS) is 33.3. The zero-order valence-electron chi connectivity index (χ0n) is 12.0. The summed E-state index contributed by atoms with van der Waals surface area (Å²) in [6.07, 6.45) is 1.49. The molecule has 21 heavy (non-hydrogen) atoms. The summed E-state index contributed by atoms with van der Waals surface area (Å²) in [5.74, 6) is -1.43. The Morgan fingerprint density at radius 1 is 1.43 bits per heavy atom. The van der Waals surface area contributed by atoms with Crippen LogP contribution in [0.1, 0.15) is 32.6 Å². The van der Waals surface area contributed by atoms with Crippen LogP contribution < -0.4 is 0 Å². The number of rotatable bonds is 5. The van der Waals surface area contributed by atoms with Crippen molar-refractivity contribution >= 4 is 25.8 Å². The van der Waals surface area contributed by atoms with E-state index >= 15 is 0 Å². The maximum atomic E-state index is 12.5. The van der Waals surface area contributed by atoms with Crippen molar-refractivity contribution in [3.63, 3.8) is 0 Å². The van der Waals surface area contributed by atoms with Crippen LogP contribution in [0.4, 0.5) is 0 Å². The molecule has 2 fully saturated rings. The third kappa shape index (κ3) is 3.09. The molecule has 0 aromatic carbocycles. The molecule has 0 amide bonds. The lowest BCUT2D eigenvalue weighted by Crippen LogP contribution is -2.41. The number of carboxylic acids is 1. The summed E-state index contributed by atoms with van der Waals surface area (Å²) in [5.41, 5.74) is -1.03. The number of hydrogen-bond acceptors (Lipinski definition) is 5. The molecule has 0 saturated carbocycles. The van der Waals surface area contributed by atoms with E-state index in [2.05, 4.69) is 0 Å². The molecule has 1 N–H and O–H groups in total. The van der Waals surface area contributed by atoms with E-state index < -0.39 is 36.5 Å². The van der Waals surface area contributed by atoms with Gasteiger partial charge >= 0.3 is 5.97 Å². The molecule has 122 valence electrons. The van der Waals surface area contributed by atoms with Crippen molar-refractivity contribution in [2.75, 3.05) is 24.6 Å². The molecule has 9 heteroatoms. The Bertz CT molecular complexity index is 626. The fourth-order valence-corrected chi connectivity index (χ4v) is 7.84. The van der Waals surface area contributed by atoms with Gasteiger partial charge in [0.05, 0.1) is 22.2 Å². The molecule has 2 aliphatic heterocycles. The highest BCUT2D eigenvalue weighted by atomic mass is 32.2. The third-order valence-corrected chi connectivity index (χ3v) is 8.73. The predicted octanol–water partition coefficient (Wildman–Crippen LogP) is 0.0801. The fourth-order valence-electron chi connectivity index (χ4n) is 3.22. The largest absolute Gasteiger partial charge is 0.481 e. The van der Waals surface area contributed by atoms with Crippen LogP contribution in [0.25, 0.3) is 0 Å². The maximum Gasteiger partial charge on any atom is 0.311 e. The second kappa shape index (κ2) is 5.51. The van der Waals surface area contributed by atoms with Crippen molar-refractivity contribution in [2.24, 2.45) is 5.41 Å². The first-order chi connectivity index (χ1) is 9.63. The molecular weight excluding hydrogens is 318 g/mol. The van der Waals surface area contributed by atoms with Gasteiger partial charge in [0.2, 0.25) is 10.0 Å². The first kappa shape index (κ1) is 16.7. The highest BCUT2D eigenvalue weighted by Gasteiger charge is 2.50. The molecule has 0 aromatic rings. The van der Waals surface area contributed by atoms with Crippen molar-refractivity contribution in [2.45, 2.75) is 37.9 Å². The average molecular weight is 339 g/mol. The number of hydrogen-bond donors (Lipinski definition) is 1. The minimum absolute atomic E-state index is 0.0466. The molecule has 0 radical (unpaired) electrons. The van der Waals surface area contributed by atoms with E-state index in [-0.39, 0.29) is 37.4 Å². The lowest BCUT2D eigenvalue weighted by molar-refractivity contribution is -0.148. The third-order valence-electron chi connectivity index (χ3n) is 4.47. The van der Waals surface area contributed by atoms with Gasteiger partial charge in [-0.1, -0.05) is 13.3 Å². The van der Waals surface area contributed by atoms with Crippen LogP contribution in [-0.4, -0.2) is 62.1 Å². The summed E-state index contributed by atoms with van der Waals surface area (Å²) >= 11 is 0. The Hall–Kier alpha value is -0.670. The monoisotopic (exact) mass is 339 g/mol. The number of carbonyl (C=O) groups is 1. The smallest absolute Gasteiger partial charge is 0.311 e. The minimum atomic E-state index is -3.74. The summed E-state index contributed by atoms with van der Waals surface area (Å²) in [7, 11) is -7.03. The summed E-state index contributed by atoms with van der Waals surface area (Å²) < 4.78 is 49.1. The van der Waals surface area contributed by atoms with Gasteiger partial charge in [-0.3, -0.25) is 4.79 Å². The average Bonchev–Trinajstić information content (AvgIpc) is 2.95. The molecular formula is C12H21NO6S2. The fraction of sp³-hybridized carbons (Fsp3) is 0.917. The number of nitrogens with zero attached hydrogens (tertiary/aromatic N) is 1. The highest BCUT2D eigenvalue weighted by molar-refractivity contribution is 7.95. The Balaban J connectivity index is 2.18. The highest BCUT2D eigenvalue weighted by Crippen LogP contribution is 2.38. The Morgan fingerprint density at radius 3 is 2.57 bits per heavy atom. The lowest BCUT2D eigenvalue weighted by Gasteiger charge is -2.25. The number of carboxylic acid groups (broad SMARTS) is 1. The summed E-state index contributed by atoms with van der Waals surface area (Å²) in [4.78, 5) is 11.5. The van der Waals surface area contributed by atoms with Crippen molar-refractivity contribution in [1.82, 2.24) is 4.31 Å². The van der Waals surface area contributed by atoms with E-state index in [0.29, 0.717) is 12.8 Å².